The van der Waals surface area contributed by atoms with Crippen LogP contribution in [0.15, 0.2) is 36.4 Å². The summed E-state index contributed by atoms with van der Waals surface area (Å²) in [7, 11) is 3.17. The lowest BCUT2D eigenvalue weighted by Crippen LogP contribution is -1.98. The van der Waals surface area contributed by atoms with Crippen molar-refractivity contribution in [3.63, 3.8) is 0 Å². The molecular weight excluding hydrogens is 363 g/mol. The second-order valence-corrected chi connectivity index (χ2v) is 5.84. The van der Waals surface area contributed by atoms with Crippen molar-refractivity contribution in [1.82, 2.24) is 0 Å². The Morgan fingerprint density at radius 3 is 2.10 bits per heavy atom. The third kappa shape index (κ3) is 3.05. The number of hydrogen-bond donors (Lipinski definition) is 0. The standard InChI is InChI=1S/C15H13BrCl2O2/c1-19-13-7-10(12(18)8-14(13)20-2)15(16)9-5-3-4-6-11(9)17/h3-8,15H,1-2H3. The number of halogens is 3. The monoisotopic (exact) mass is 374 g/mol. The van der Waals surface area contributed by atoms with Crippen LogP contribution in [-0.2, 0) is 0 Å². The molecule has 1 unspecified atom stereocenters. The number of rotatable bonds is 4. The molecule has 0 aromatic heterocycles. The van der Waals surface area contributed by atoms with Crippen molar-refractivity contribution in [2.75, 3.05) is 14.2 Å². The molecule has 2 rings (SSSR count). The first-order chi connectivity index (χ1) is 9.58. The SMILES string of the molecule is COc1cc(Cl)c(C(Br)c2ccccc2Cl)cc1OC. The lowest BCUT2D eigenvalue weighted by Gasteiger charge is -2.17. The van der Waals surface area contributed by atoms with Gasteiger partial charge < -0.3 is 9.47 Å². The van der Waals surface area contributed by atoms with E-state index >= 15 is 0 Å². The van der Waals surface area contributed by atoms with E-state index in [0.717, 1.165) is 11.1 Å². The van der Waals surface area contributed by atoms with E-state index in [4.69, 9.17) is 32.7 Å². The minimum absolute atomic E-state index is 0.122. The second-order valence-electron chi connectivity index (χ2n) is 4.11. The molecule has 0 aliphatic heterocycles. The zero-order chi connectivity index (χ0) is 14.7. The van der Waals surface area contributed by atoms with Crippen molar-refractivity contribution in [2.24, 2.45) is 0 Å². The van der Waals surface area contributed by atoms with Crippen LogP contribution >= 0.6 is 39.1 Å². The predicted molar refractivity (Wildman–Crippen MR) is 86.8 cm³/mol. The molecule has 2 aromatic rings. The number of alkyl halides is 1. The highest BCUT2D eigenvalue weighted by Gasteiger charge is 2.19. The van der Waals surface area contributed by atoms with E-state index in [1.54, 1.807) is 20.3 Å². The van der Waals surface area contributed by atoms with Gasteiger partial charge in [0.15, 0.2) is 11.5 Å². The summed E-state index contributed by atoms with van der Waals surface area (Å²) in [6, 6.07) is 11.2. The van der Waals surface area contributed by atoms with E-state index in [-0.39, 0.29) is 4.83 Å². The Bertz CT molecular complexity index is 617. The first-order valence-corrected chi connectivity index (χ1v) is 7.55. The van der Waals surface area contributed by atoms with Crippen LogP contribution in [0.3, 0.4) is 0 Å². The van der Waals surface area contributed by atoms with Crippen LogP contribution in [0.25, 0.3) is 0 Å². The first-order valence-electron chi connectivity index (χ1n) is 5.88. The summed E-state index contributed by atoms with van der Waals surface area (Å²) in [5.41, 5.74) is 1.82. The van der Waals surface area contributed by atoms with E-state index in [1.807, 2.05) is 30.3 Å². The normalized spacial score (nSPS) is 12.1. The van der Waals surface area contributed by atoms with Gasteiger partial charge in [-0.15, -0.1) is 0 Å². The molecule has 0 N–H and O–H groups in total. The van der Waals surface area contributed by atoms with Crippen molar-refractivity contribution in [1.29, 1.82) is 0 Å². The fraction of sp³-hybridized carbons (Fsp3) is 0.200. The van der Waals surface area contributed by atoms with Crippen LogP contribution in [0.2, 0.25) is 10.0 Å². The molecule has 0 saturated carbocycles. The molecular formula is C15H13BrCl2O2. The zero-order valence-corrected chi connectivity index (χ0v) is 14.1. The fourth-order valence-corrected chi connectivity index (χ4v) is 3.46. The first kappa shape index (κ1) is 15.5. The van der Waals surface area contributed by atoms with Gasteiger partial charge in [-0.25, -0.2) is 0 Å². The van der Waals surface area contributed by atoms with E-state index in [9.17, 15) is 0 Å². The molecule has 0 saturated heterocycles. The highest BCUT2D eigenvalue weighted by Crippen LogP contribution is 2.42. The van der Waals surface area contributed by atoms with Gasteiger partial charge in [0, 0.05) is 16.1 Å². The zero-order valence-electron chi connectivity index (χ0n) is 11.0. The van der Waals surface area contributed by atoms with Gasteiger partial charge in [-0.1, -0.05) is 57.3 Å². The van der Waals surface area contributed by atoms with Crippen LogP contribution in [0.4, 0.5) is 0 Å². The molecule has 0 amide bonds. The van der Waals surface area contributed by atoms with Crippen molar-refractivity contribution < 1.29 is 9.47 Å². The Kier molecular flexibility index (Phi) is 5.19. The van der Waals surface area contributed by atoms with Gasteiger partial charge >= 0.3 is 0 Å². The van der Waals surface area contributed by atoms with Crippen LogP contribution in [0.5, 0.6) is 11.5 Å². The van der Waals surface area contributed by atoms with Gasteiger partial charge in [-0.05, 0) is 23.3 Å². The fourth-order valence-electron chi connectivity index (χ4n) is 1.91. The van der Waals surface area contributed by atoms with Crippen molar-refractivity contribution in [2.45, 2.75) is 4.83 Å². The number of hydrogen-bond acceptors (Lipinski definition) is 2. The molecule has 2 aromatic carbocycles. The van der Waals surface area contributed by atoms with Gasteiger partial charge in [-0.3, -0.25) is 0 Å². The van der Waals surface area contributed by atoms with Gasteiger partial charge in [0.25, 0.3) is 0 Å². The molecule has 0 aliphatic rings. The van der Waals surface area contributed by atoms with Gasteiger partial charge in [0.05, 0.1) is 19.0 Å². The Morgan fingerprint density at radius 1 is 0.900 bits per heavy atom. The molecule has 0 aliphatic carbocycles. The highest BCUT2D eigenvalue weighted by molar-refractivity contribution is 9.09. The van der Waals surface area contributed by atoms with Gasteiger partial charge in [-0.2, -0.15) is 0 Å². The summed E-state index contributed by atoms with van der Waals surface area (Å²) >= 11 is 16.2. The molecule has 5 heteroatoms. The molecule has 2 nitrogen and oxygen atoms in total. The average molecular weight is 376 g/mol. The summed E-state index contributed by atoms with van der Waals surface area (Å²) in [6.07, 6.45) is 0. The minimum atomic E-state index is -0.122. The van der Waals surface area contributed by atoms with Gasteiger partial charge in [0.2, 0.25) is 0 Å². The molecule has 0 bridgehead atoms. The lowest BCUT2D eigenvalue weighted by molar-refractivity contribution is 0.354. The van der Waals surface area contributed by atoms with Gasteiger partial charge in [0.1, 0.15) is 0 Å². The van der Waals surface area contributed by atoms with Crippen LogP contribution in [-0.4, -0.2) is 14.2 Å². The van der Waals surface area contributed by atoms with E-state index in [2.05, 4.69) is 15.9 Å². The van der Waals surface area contributed by atoms with Crippen molar-refractivity contribution in [3.8, 4) is 11.5 Å². The smallest absolute Gasteiger partial charge is 0.162 e. The summed E-state index contributed by atoms with van der Waals surface area (Å²) in [6.45, 7) is 0. The number of benzene rings is 2. The molecule has 0 spiro atoms. The Hall–Kier alpha value is -0.900. The maximum Gasteiger partial charge on any atom is 0.162 e. The van der Waals surface area contributed by atoms with E-state index in [0.29, 0.717) is 21.5 Å². The lowest BCUT2D eigenvalue weighted by atomic mass is 10.0. The maximum absolute atomic E-state index is 6.33. The maximum atomic E-state index is 6.33. The summed E-state index contributed by atoms with van der Waals surface area (Å²) in [4.78, 5) is -0.122. The topological polar surface area (TPSA) is 18.5 Å². The highest BCUT2D eigenvalue weighted by atomic mass is 79.9. The molecule has 0 radical (unpaired) electrons. The van der Waals surface area contributed by atoms with Crippen LogP contribution in [0.1, 0.15) is 16.0 Å². The van der Waals surface area contributed by atoms with Crippen molar-refractivity contribution in [3.05, 3.63) is 57.6 Å². The van der Waals surface area contributed by atoms with Crippen molar-refractivity contribution >= 4 is 39.1 Å². The number of ether oxygens (including phenoxy) is 2. The van der Waals surface area contributed by atoms with Crippen LogP contribution < -0.4 is 9.47 Å². The second kappa shape index (κ2) is 6.70. The third-order valence-electron chi connectivity index (χ3n) is 2.95. The third-order valence-corrected chi connectivity index (χ3v) is 4.61. The predicted octanol–water partition coefficient (Wildman–Crippen LogP) is 5.49. The summed E-state index contributed by atoms with van der Waals surface area (Å²) in [5, 5.41) is 1.27. The Labute approximate surface area is 136 Å². The molecule has 0 fully saturated rings. The Balaban J connectivity index is 2.50. The molecule has 1 atom stereocenters. The Morgan fingerprint density at radius 2 is 1.50 bits per heavy atom. The summed E-state index contributed by atoms with van der Waals surface area (Å²) < 4.78 is 10.5. The van der Waals surface area contributed by atoms with E-state index < -0.39 is 0 Å². The minimum Gasteiger partial charge on any atom is -0.493 e. The largest absolute Gasteiger partial charge is 0.493 e. The quantitative estimate of drug-likeness (QED) is 0.657. The van der Waals surface area contributed by atoms with E-state index in [1.165, 1.54) is 0 Å². The number of methoxy groups -OCH3 is 2. The van der Waals surface area contributed by atoms with Crippen LogP contribution in [0, 0.1) is 0 Å². The molecule has 0 heterocycles. The summed E-state index contributed by atoms with van der Waals surface area (Å²) in [5.74, 6) is 1.23. The molecule has 20 heavy (non-hydrogen) atoms. The molecule has 106 valence electrons. The average Bonchev–Trinajstić information content (AvgIpc) is 2.46.